The van der Waals surface area contributed by atoms with Crippen LogP contribution in [0.5, 0.6) is 0 Å². The van der Waals surface area contributed by atoms with E-state index < -0.39 is 0 Å². The molecule has 0 atom stereocenters. The van der Waals surface area contributed by atoms with Gasteiger partial charge in [0.2, 0.25) is 0 Å². The maximum absolute atomic E-state index is 11.2. The van der Waals surface area contributed by atoms with Crippen molar-refractivity contribution in [2.45, 2.75) is 13.3 Å². The number of ether oxygens (including phenoxy) is 1. The van der Waals surface area contributed by atoms with Crippen LogP contribution in [0.4, 0.5) is 0 Å². The van der Waals surface area contributed by atoms with Crippen LogP contribution in [0.2, 0.25) is 0 Å². The molecule has 1 aromatic carbocycles. The van der Waals surface area contributed by atoms with Gasteiger partial charge in [-0.1, -0.05) is 6.07 Å². The zero-order valence-corrected chi connectivity index (χ0v) is 9.76. The van der Waals surface area contributed by atoms with Crippen molar-refractivity contribution in [3.63, 3.8) is 0 Å². The van der Waals surface area contributed by atoms with Gasteiger partial charge in [-0.3, -0.25) is 0 Å². The van der Waals surface area contributed by atoms with Crippen molar-refractivity contribution < 1.29 is 9.53 Å². The molecule has 3 nitrogen and oxygen atoms in total. The first-order chi connectivity index (χ1) is 6.69. The largest absolute Gasteiger partial charge is 0.465 e. The van der Waals surface area contributed by atoms with Crippen molar-refractivity contribution in [2.24, 2.45) is 5.73 Å². The summed E-state index contributed by atoms with van der Waals surface area (Å²) in [7, 11) is 1.38. The fourth-order valence-corrected chi connectivity index (χ4v) is 1.38. The SMILES string of the molecule is COC(=O)c1ccc(CCN)c(C)c1.Cl. The Kier molecular flexibility index (Phi) is 5.97. The Morgan fingerprint density at radius 2 is 2.13 bits per heavy atom. The average Bonchev–Trinajstić information content (AvgIpc) is 2.20. The summed E-state index contributed by atoms with van der Waals surface area (Å²) >= 11 is 0. The molecule has 0 heterocycles. The molecule has 0 saturated carbocycles. The lowest BCUT2D eigenvalue weighted by molar-refractivity contribution is 0.0600. The van der Waals surface area contributed by atoms with Gasteiger partial charge < -0.3 is 10.5 Å². The van der Waals surface area contributed by atoms with E-state index in [9.17, 15) is 4.79 Å². The molecule has 1 rings (SSSR count). The Morgan fingerprint density at radius 1 is 1.47 bits per heavy atom. The number of aryl methyl sites for hydroxylation is 1. The van der Waals surface area contributed by atoms with Crippen LogP contribution < -0.4 is 5.73 Å². The van der Waals surface area contributed by atoms with E-state index >= 15 is 0 Å². The second-order valence-corrected chi connectivity index (χ2v) is 3.17. The summed E-state index contributed by atoms with van der Waals surface area (Å²) in [5, 5.41) is 0. The van der Waals surface area contributed by atoms with Gasteiger partial charge in [0.05, 0.1) is 12.7 Å². The molecule has 0 aromatic heterocycles. The summed E-state index contributed by atoms with van der Waals surface area (Å²) in [5.74, 6) is -0.299. The van der Waals surface area contributed by atoms with Crippen LogP contribution in [-0.2, 0) is 11.2 Å². The second kappa shape index (κ2) is 6.43. The number of benzene rings is 1. The fraction of sp³-hybridized carbons (Fsp3) is 0.364. The highest BCUT2D eigenvalue weighted by atomic mass is 35.5. The molecule has 0 bridgehead atoms. The lowest BCUT2D eigenvalue weighted by Gasteiger charge is -2.06. The average molecular weight is 230 g/mol. The van der Waals surface area contributed by atoms with Gasteiger partial charge in [0, 0.05) is 0 Å². The van der Waals surface area contributed by atoms with E-state index in [2.05, 4.69) is 4.74 Å². The lowest BCUT2D eigenvalue weighted by atomic mass is 10.0. The second-order valence-electron chi connectivity index (χ2n) is 3.17. The molecule has 4 heteroatoms. The minimum absolute atomic E-state index is 0. The molecular formula is C11H16ClNO2. The number of methoxy groups -OCH3 is 1. The number of carbonyl (C=O) groups excluding carboxylic acids is 1. The first-order valence-corrected chi connectivity index (χ1v) is 4.57. The van der Waals surface area contributed by atoms with Crippen molar-refractivity contribution in [1.82, 2.24) is 0 Å². The van der Waals surface area contributed by atoms with E-state index in [4.69, 9.17) is 5.73 Å². The number of halogens is 1. The van der Waals surface area contributed by atoms with Gasteiger partial charge in [-0.05, 0) is 43.1 Å². The van der Waals surface area contributed by atoms with Crippen molar-refractivity contribution >= 4 is 18.4 Å². The van der Waals surface area contributed by atoms with Crippen LogP contribution in [0, 0.1) is 6.92 Å². The van der Waals surface area contributed by atoms with Crippen molar-refractivity contribution in [3.05, 3.63) is 34.9 Å². The van der Waals surface area contributed by atoms with Gasteiger partial charge >= 0.3 is 5.97 Å². The van der Waals surface area contributed by atoms with Crippen molar-refractivity contribution in [1.29, 1.82) is 0 Å². The van der Waals surface area contributed by atoms with E-state index in [1.54, 1.807) is 6.07 Å². The zero-order chi connectivity index (χ0) is 10.6. The first-order valence-electron chi connectivity index (χ1n) is 4.57. The molecule has 2 N–H and O–H groups in total. The molecule has 0 aliphatic rings. The maximum atomic E-state index is 11.2. The molecule has 0 aliphatic heterocycles. The Labute approximate surface area is 96.0 Å². The summed E-state index contributed by atoms with van der Waals surface area (Å²) in [5.41, 5.74) is 8.31. The highest BCUT2D eigenvalue weighted by molar-refractivity contribution is 5.89. The standard InChI is InChI=1S/C11H15NO2.ClH/c1-8-7-10(11(13)14-2)4-3-9(8)5-6-12;/h3-4,7H,5-6,12H2,1-2H3;1H. The molecule has 1 aromatic rings. The Hall–Kier alpha value is -1.06. The van der Waals surface area contributed by atoms with E-state index in [1.165, 1.54) is 12.7 Å². The molecule has 0 spiro atoms. The van der Waals surface area contributed by atoms with Gasteiger partial charge in [0.1, 0.15) is 0 Å². The Morgan fingerprint density at radius 3 is 2.60 bits per heavy atom. The van der Waals surface area contributed by atoms with Gasteiger partial charge in [-0.25, -0.2) is 4.79 Å². The summed E-state index contributed by atoms with van der Waals surface area (Å²) in [6.07, 6.45) is 0.841. The molecular weight excluding hydrogens is 214 g/mol. The molecule has 0 aliphatic carbocycles. The van der Waals surface area contributed by atoms with Crippen LogP contribution in [0.1, 0.15) is 21.5 Å². The quantitative estimate of drug-likeness (QED) is 0.803. The van der Waals surface area contributed by atoms with Gasteiger partial charge in [0.25, 0.3) is 0 Å². The summed E-state index contributed by atoms with van der Waals surface area (Å²) in [4.78, 5) is 11.2. The summed E-state index contributed by atoms with van der Waals surface area (Å²) in [6, 6.07) is 5.52. The summed E-state index contributed by atoms with van der Waals surface area (Å²) < 4.78 is 4.63. The van der Waals surface area contributed by atoms with Gasteiger partial charge in [-0.15, -0.1) is 12.4 Å². The minimum atomic E-state index is -0.299. The van der Waals surface area contributed by atoms with Crippen LogP contribution in [0.3, 0.4) is 0 Å². The maximum Gasteiger partial charge on any atom is 0.337 e. The van der Waals surface area contributed by atoms with Gasteiger partial charge in [-0.2, -0.15) is 0 Å². The predicted octanol–water partition coefficient (Wildman–Crippen LogP) is 1.70. The molecule has 0 unspecified atom stereocenters. The normalized spacial score (nSPS) is 9.27. The third-order valence-corrected chi connectivity index (χ3v) is 2.18. The van der Waals surface area contributed by atoms with Crippen molar-refractivity contribution in [3.8, 4) is 0 Å². The number of esters is 1. The Bertz CT molecular complexity index is 339. The van der Waals surface area contributed by atoms with E-state index in [0.29, 0.717) is 12.1 Å². The third-order valence-electron chi connectivity index (χ3n) is 2.18. The van der Waals surface area contributed by atoms with Crippen LogP contribution in [0.15, 0.2) is 18.2 Å². The predicted molar refractivity (Wildman–Crippen MR) is 62.5 cm³/mol. The molecule has 0 fully saturated rings. The first kappa shape index (κ1) is 13.9. The monoisotopic (exact) mass is 229 g/mol. The van der Waals surface area contributed by atoms with E-state index in [0.717, 1.165) is 12.0 Å². The number of nitrogens with two attached hydrogens (primary N) is 1. The van der Waals surface area contributed by atoms with Crippen molar-refractivity contribution in [2.75, 3.05) is 13.7 Å². The smallest absolute Gasteiger partial charge is 0.337 e. The number of hydrogen-bond donors (Lipinski definition) is 1. The van der Waals surface area contributed by atoms with E-state index in [-0.39, 0.29) is 18.4 Å². The van der Waals surface area contributed by atoms with Gasteiger partial charge in [0.15, 0.2) is 0 Å². The summed E-state index contributed by atoms with van der Waals surface area (Å²) in [6.45, 7) is 2.59. The fourth-order valence-electron chi connectivity index (χ4n) is 1.38. The zero-order valence-electron chi connectivity index (χ0n) is 8.95. The number of rotatable bonds is 3. The Balaban J connectivity index is 0.00000196. The van der Waals surface area contributed by atoms with Crippen LogP contribution in [-0.4, -0.2) is 19.6 Å². The lowest BCUT2D eigenvalue weighted by Crippen LogP contribution is -2.06. The molecule has 15 heavy (non-hydrogen) atoms. The van der Waals surface area contributed by atoms with Crippen LogP contribution >= 0.6 is 12.4 Å². The topological polar surface area (TPSA) is 52.3 Å². The number of hydrogen-bond acceptors (Lipinski definition) is 3. The third kappa shape index (κ3) is 3.53. The molecule has 0 radical (unpaired) electrons. The highest BCUT2D eigenvalue weighted by Crippen LogP contribution is 2.12. The molecule has 0 saturated heterocycles. The molecule has 84 valence electrons. The highest BCUT2D eigenvalue weighted by Gasteiger charge is 2.06. The minimum Gasteiger partial charge on any atom is -0.465 e. The van der Waals surface area contributed by atoms with E-state index in [1.807, 2.05) is 19.1 Å². The van der Waals surface area contributed by atoms with Crippen LogP contribution in [0.25, 0.3) is 0 Å². The molecule has 0 amide bonds. The number of carbonyl (C=O) groups is 1.